The van der Waals surface area contributed by atoms with Gasteiger partial charge in [-0.1, -0.05) is 60.7 Å². The van der Waals surface area contributed by atoms with Gasteiger partial charge in [0.2, 0.25) is 0 Å². The number of hydrogen-bond donors (Lipinski definition) is 2. The van der Waals surface area contributed by atoms with Gasteiger partial charge in [0.05, 0.1) is 12.2 Å². The number of nitrogens with one attached hydrogen (secondary N) is 2. The number of hydrogen-bond acceptors (Lipinski definition) is 2. The van der Waals surface area contributed by atoms with E-state index in [-0.39, 0.29) is 12.1 Å². The molecule has 0 saturated heterocycles. The average molecular weight is 348 g/mol. The Balaban J connectivity index is 1.58. The molecule has 1 heterocycles. The quantitative estimate of drug-likeness (QED) is 0.689. The molecule has 0 spiro atoms. The zero-order valence-corrected chi connectivity index (χ0v) is 14.9. The Morgan fingerprint density at radius 3 is 2.38 bits per heavy atom. The van der Waals surface area contributed by atoms with Gasteiger partial charge in [0, 0.05) is 19.8 Å². The summed E-state index contributed by atoms with van der Waals surface area (Å²) < 4.78 is 1.76. The van der Waals surface area contributed by atoms with Gasteiger partial charge in [-0.15, -0.1) is 0 Å². The van der Waals surface area contributed by atoms with Crippen LogP contribution in [0.3, 0.4) is 0 Å². The summed E-state index contributed by atoms with van der Waals surface area (Å²) in [5, 5.41) is 10.2. The third-order valence-electron chi connectivity index (χ3n) is 4.25. The zero-order valence-electron chi connectivity index (χ0n) is 14.9. The minimum atomic E-state index is -0.154. The van der Waals surface area contributed by atoms with Gasteiger partial charge in [-0.25, -0.2) is 4.79 Å². The maximum Gasteiger partial charge on any atom is 0.315 e. The van der Waals surface area contributed by atoms with E-state index in [9.17, 15) is 4.79 Å². The first-order valence-electron chi connectivity index (χ1n) is 8.81. The van der Waals surface area contributed by atoms with E-state index in [1.807, 2.05) is 68.0 Å². The third-order valence-corrected chi connectivity index (χ3v) is 4.25. The van der Waals surface area contributed by atoms with Crippen LogP contribution in [0.25, 0.3) is 0 Å². The Labute approximate surface area is 154 Å². The summed E-state index contributed by atoms with van der Waals surface area (Å²) in [4.78, 5) is 12.4. The lowest BCUT2D eigenvalue weighted by atomic mass is 9.99. The Hall–Kier alpha value is -3.08. The molecule has 2 N–H and O–H groups in total. The molecule has 5 heteroatoms. The summed E-state index contributed by atoms with van der Waals surface area (Å²) in [6.45, 7) is 0.574. The van der Waals surface area contributed by atoms with Crippen molar-refractivity contribution in [1.29, 1.82) is 0 Å². The number of rotatable bonds is 7. The number of amides is 2. The Morgan fingerprint density at radius 2 is 1.73 bits per heavy atom. The molecule has 0 fully saturated rings. The molecule has 1 atom stereocenters. The fraction of sp³-hybridized carbons (Fsp3) is 0.238. The molecule has 1 aromatic heterocycles. The van der Waals surface area contributed by atoms with Gasteiger partial charge in [0.1, 0.15) is 0 Å². The van der Waals surface area contributed by atoms with E-state index >= 15 is 0 Å². The number of nitrogens with zero attached hydrogens (tertiary/aromatic N) is 2. The third kappa shape index (κ3) is 5.21. The van der Waals surface area contributed by atoms with E-state index in [4.69, 9.17) is 0 Å². The molecule has 0 aliphatic carbocycles. The van der Waals surface area contributed by atoms with Crippen LogP contribution in [0.15, 0.2) is 73.1 Å². The van der Waals surface area contributed by atoms with E-state index in [0.29, 0.717) is 6.54 Å². The second-order valence-electron chi connectivity index (χ2n) is 6.33. The summed E-state index contributed by atoms with van der Waals surface area (Å²) in [5.41, 5.74) is 3.40. The van der Waals surface area contributed by atoms with E-state index < -0.39 is 0 Å². The monoisotopic (exact) mass is 348 g/mol. The van der Waals surface area contributed by atoms with Crippen LogP contribution < -0.4 is 10.6 Å². The van der Waals surface area contributed by atoms with Crippen LogP contribution in [-0.4, -0.2) is 22.4 Å². The summed E-state index contributed by atoms with van der Waals surface area (Å²) >= 11 is 0. The first-order valence-corrected chi connectivity index (χ1v) is 8.81. The maximum atomic E-state index is 12.4. The molecular weight excluding hydrogens is 324 g/mol. The first kappa shape index (κ1) is 17.7. The number of carbonyl (C=O) groups is 1. The largest absolute Gasteiger partial charge is 0.338 e. The Bertz CT molecular complexity index is 814. The van der Waals surface area contributed by atoms with Gasteiger partial charge in [-0.05, 0) is 29.5 Å². The van der Waals surface area contributed by atoms with Gasteiger partial charge < -0.3 is 10.6 Å². The molecule has 2 amide bonds. The number of aromatic nitrogens is 2. The standard InChI is InChI=1S/C21H24N4O/c1-25-16-18(15-23-25)12-13-22-21(26)24-20(19-10-6-3-7-11-19)14-17-8-4-2-5-9-17/h2-11,15-16,20H,12-14H2,1H3,(H2,22,24,26). The summed E-state index contributed by atoms with van der Waals surface area (Å²) in [6.07, 6.45) is 5.29. The van der Waals surface area contributed by atoms with Gasteiger partial charge in [0.15, 0.2) is 0 Å². The van der Waals surface area contributed by atoms with Crippen molar-refractivity contribution in [2.75, 3.05) is 6.54 Å². The van der Waals surface area contributed by atoms with Crippen LogP contribution in [0.1, 0.15) is 22.7 Å². The number of benzene rings is 2. The van der Waals surface area contributed by atoms with Crippen molar-refractivity contribution >= 4 is 6.03 Å². The Kier molecular flexibility index (Phi) is 6.04. The summed E-state index contributed by atoms with van der Waals surface area (Å²) in [5.74, 6) is 0. The van der Waals surface area contributed by atoms with Crippen molar-refractivity contribution in [2.24, 2.45) is 7.05 Å². The van der Waals surface area contributed by atoms with Gasteiger partial charge in [0.25, 0.3) is 0 Å². The first-order chi connectivity index (χ1) is 12.7. The number of carbonyl (C=O) groups excluding carboxylic acids is 1. The molecule has 3 aromatic rings. The van der Waals surface area contributed by atoms with Crippen molar-refractivity contribution in [1.82, 2.24) is 20.4 Å². The highest BCUT2D eigenvalue weighted by Gasteiger charge is 2.15. The van der Waals surface area contributed by atoms with Crippen LogP contribution >= 0.6 is 0 Å². The normalized spacial score (nSPS) is 11.7. The lowest BCUT2D eigenvalue weighted by Crippen LogP contribution is -2.39. The van der Waals surface area contributed by atoms with E-state index in [0.717, 1.165) is 24.0 Å². The van der Waals surface area contributed by atoms with Crippen molar-refractivity contribution in [3.05, 3.63) is 89.7 Å². The van der Waals surface area contributed by atoms with Crippen LogP contribution in [0, 0.1) is 0 Å². The van der Waals surface area contributed by atoms with Crippen LogP contribution in [-0.2, 0) is 19.9 Å². The lowest BCUT2D eigenvalue weighted by Gasteiger charge is -2.20. The van der Waals surface area contributed by atoms with Crippen LogP contribution in [0.5, 0.6) is 0 Å². The van der Waals surface area contributed by atoms with E-state index in [2.05, 4.69) is 27.9 Å². The molecular formula is C21H24N4O. The summed E-state index contributed by atoms with van der Waals surface area (Å²) in [6, 6.07) is 20.0. The molecule has 134 valence electrons. The molecule has 1 unspecified atom stereocenters. The fourth-order valence-electron chi connectivity index (χ4n) is 2.92. The molecule has 0 aliphatic heterocycles. The van der Waals surface area contributed by atoms with E-state index in [1.54, 1.807) is 4.68 Å². The Morgan fingerprint density at radius 1 is 1.04 bits per heavy atom. The second-order valence-corrected chi connectivity index (χ2v) is 6.33. The average Bonchev–Trinajstić information content (AvgIpc) is 3.08. The fourth-order valence-corrected chi connectivity index (χ4v) is 2.92. The minimum absolute atomic E-state index is 0.0722. The second kappa shape index (κ2) is 8.85. The van der Waals surface area contributed by atoms with Crippen LogP contribution in [0.2, 0.25) is 0 Å². The molecule has 3 rings (SSSR count). The zero-order chi connectivity index (χ0) is 18.2. The predicted molar refractivity (Wildman–Crippen MR) is 103 cm³/mol. The van der Waals surface area contributed by atoms with Crippen molar-refractivity contribution < 1.29 is 4.79 Å². The molecule has 5 nitrogen and oxygen atoms in total. The maximum absolute atomic E-state index is 12.4. The van der Waals surface area contributed by atoms with Gasteiger partial charge in [-0.2, -0.15) is 5.10 Å². The highest BCUT2D eigenvalue weighted by Crippen LogP contribution is 2.18. The summed E-state index contributed by atoms with van der Waals surface area (Å²) in [7, 11) is 1.89. The molecule has 0 radical (unpaired) electrons. The van der Waals surface area contributed by atoms with Gasteiger partial charge >= 0.3 is 6.03 Å². The highest BCUT2D eigenvalue weighted by atomic mass is 16.2. The van der Waals surface area contributed by atoms with Gasteiger partial charge in [-0.3, -0.25) is 4.68 Å². The number of urea groups is 1. The van der Waals surface area contributed by atoms with E-state index in [1.165, 1.54) is 5.56 Å². The van der Waals surface area contributed by atoms with Crippen molar-refractivity contribution in [3.63, 3.8) is 0 Å². The van der Waals surface area contributed by atoms with Crippen LogP contribution in [0.4, 0.5) is 4.79 Å². The topological polar surface area (TPSA) is 59.0 Å². The number of aryl methyl sites for hydroxylation is 1. The van der Waals surface area contributed by atoms with Crippen molar-refractivity contribution in [2.45, 2.75) is 18.9 Å². The molecule has 2 aromatic carbocycles. The SMILES string of the molecule is Cn1cc(CCNC(=O)NC(Cc2ccccc2)c2ccccc2)cn1. The predicted octanol–water partition coefficient (Wildman–Crippen LogP) is 3.25. The highest BCUT2D eigenvalue weighted by molar-refractivity contribution is 5.74. The molecule has 0 bridgehead atoms. The molecule has 26 heavy (non-hydrogen) atoms. The minimum Gasteiger partial charge on any atom is -0.338 e. The lowest BCUT2D eigenvalue weighted by molar-refractivity contribution is 0.237. The molecule has 0 aliphatic rings. The molecule has 0 saturated carbocycles. The van der Waals surface area contributed by atoms with Crippen molar-refractivity contribution in [3.8, 4) is 0 Å². The smallest absolute Gasteiger partial charge is 0.315 e.